The predicted octanol–water partition coefficient (Wildman–Crippen LogP) is 4.68. The van der Waals surface area contributed by atoms with E-state index in [0.29, 0.717) is 11.1 Å². The molecule has 140 valence electrons. The highest BCUT2D eigenvalue weighted by Crippen LogP contribution is 2.22. The molecule has 0 bridgehead atoms. The standard InChI is InChI=1S/C21H24N4OS/c1-4-16-6-5-7-18(12-16)23-20(26)13-27-21-24-22-14-25(21)19-10-8-17(9-11-19)15(2)3/h5-12,14-15H,4,13H2,1-3H3,(H,23,26). The molecule has 0 atom stereocenters. The van der Waals surface area contributed by atoms with Crippen molar-refractivity contribution in [2.45, 2.75) is 38.3 Å². The van der Waals surface area contributed by atoms with E-state index in [1.807, 2.05) is 22.8 Å². The number of anilines is 1. The number of nitrogens with zero attached hydrogens (tertiary/aromatic N) is 3. The lowest BCUT2D eigenvalue weighted by molar-refractivity contribution is -0.113. The first kappa shape index (κ1) is 19.2. The Morgan fingerprint density at radius 1 is 1.19 bits per heavy atom. The van der Waals surface area contributed by atoms with E-state index in [1.165, 1.54) is 22.9 Å². The maximum atomic E-state index is 12.3. The zero-order valence-electron chi connectivity index (χ0n) is 15.8. The third kappa shape index (κ3) is 4.98. The predicted molar refractivity (Wildman–Crippen MR) is 111 cm³/mol. The van der Waals surface area contributed by atoms with E-state index in [1.54, 1.807) is 6.33 Å². The van der Waals surface area contributed by atoms with E-state index in [0.717, 1.165) is 17.8 Å². The van der Waals surface area contributed by atoms with Gasteiger partial charge in [0, 0.05) is 11.4 Å². The summed E-state index contributed by atoms with van der Waals surface area (Å²) in [5.74, 6) is 0.709. The van der Waals surface area contributed by atoms with Crippen molar-refractivity contribution in [2.75, 3.05) is 11.1 Å². The molecule has 0 spiro atoms. The smallest absolute Gasteiger partial charge is 0.234 e. The van der Waals surface area contributed by atoms with Crippen molar-refractivity contribution in [3.63, 3.8) is 0 Å². The molecule has 6 heteroatoms. The third-order valence-corrected chi connectivity index (χ3v) is 5.25. The minimum absolute atomic E-state index is 0.0574. The SMILES string of the molecule is CCc1cccc(NC(=O)CSc2nncn2-c2ccc(C(C)C)cc2)c1. The molecule has 1 amide bonds. The van der Waals surface area contributed by atoms with Crippen LogP contribution in [0.15, 0.2) is 60.0 Å². The Morgan fingerprint density at radius 2 is 1.96 bits per heavy atom. The van der Waals surface area contributed by atoms with E-state index < -0.39 is 0 Å². The number of aromatic nitrogens is 3. The number of thioether (sulfide) groups is 1. The van der Waals surface area contributed by atoms with Gasteiger partial charge in [-0.3, -0.25) is 9.36 Å². The number of aryl methyl sites for hydroxylation is 1. The van der Waals surface area contributed by atoms with E-state index in [-0.39, 0.29) is 11.7 Å². The second-order valence-electron chi connectivity index (χ2n) is 6.62. The second kappa shape index (κ2) is 8.86. The number of hydrogen-bond donors (Lipinski definition) is 1. The largest absolute Gasteiger partial charge is 0.325 e. The number of rotatable bonds is 7. The highest BCUT2D eigenvalue weighted by Gasteiger charge is 2.11. The summed E-state index contributed by atoms with van der Waals surface area (Å²) in [7, 11) is 0. The van der Waals surface area contributed by atoms with Crippen molar-refractivity contribution in [3.8, 4) is 5.69 Å². The fourth-order valence-corrected chi connectivity index (χ4v) is 3.44. The first-order valence-corrected chi connectivity index (χ1v) is 10.1. The molecule has 0 saturated carbocycles. The van der Waals surface area contributed by atoms with E-state index in [2.05, 4.69) is 66.6 Å². The summed E-state index contributed by atoms with van der Waals surface area (Å²) in [6.45, 7) is 6.44. The molecule has 2 aromatic carbocycles. The molecule has 3 aromatic rings. The Balaban J connectivity index is 1.63. The van der Waals surface area contributed by atoms with Crippen LogP contribution in [0, 0.1) is 0 Å². The summed E-state index contributed by atoms with van der Waals surface area (Å²) >= 11 is 1.37. The molecule has 0 aliphatic carbocycles. The number of amides is 1. The normalized spacial score (nSPS) is 11.0. The summed E-state index contributed by atoms with van der Waals surface area (Å²) < 4.78 is 1.90. The molecule has 5 nitrogen and oxygen atoms in total. The van der Waals surface area contributed by atoms with Crippen molar-refractivity contribution < 1.29 is 4.79 Å². The minimum Gasteiger partial charge on any atom is -0.325 e. The first-order chi connectivity index (χ1) is 13.1. The molecule has 0 radical (unpaired) electrons. The van der Waals surface area contributed by atoms with Crippen LogP contribution in [0.3, 0.4) is 0 Å². The van der Waals surface area contributed by atoms with Gasteiger partial charge in [-0.25, -0.2) is 0 Å². The van der Waals surface area contributed by atoms with Gasteiger partial charge in [-0.15, -0.1) is 10.2 Å². The molecule has 1 heterocycles. The number of carbonyl (C=O) groups excluding carboxylic acids is 1. The summed E-state index contributed by atoms with van der Waals surface area (Å²) in [5, 5.41) is 11.8. The third-order valence-electron chi connectivity index (χ3n) is 4.31. The van der Waals surface area contributed by atoms with Gasteiger partial charge in [0.05, 0.1) is 5.75 Å². The Bertz CT molecular complexity index is 903. The van der Waals surface area contributed by atoms with Gasteiger partial charge in [0.2, 0.25) is 5.91 Å². The van der Waals surface area contributed by atoms with Gasteiger partial charge >= 0.3 is 0 Å². The maximum Gasteiger partial charge on any atom is 0.234 e. The van der Waals surface area contributed by atoms with Crippen LogP contribution < -0.4 is 5.32 Å². The van der Waals surface area contributed by atoms with Crippen molar-refractivity contribution >= 4 is 23.4 Å². The van der Waals surface area contributed by atoms with Crippen molar-refractivity contribution in [1.82, 2.24) is 14.8 Å². The summed E-state index contributed by atoms with van der Waals surface area (Å²) in [6.07, 6.45) is 2.62. The van der Waals surface area contributed by atoms with Crippen LogP contribution in [0.4, 0.5) is 5.69 Å². The average molecular weight is 381 g/mol. The fourth-order valence-electron chi connectivity index (χ4n) is 2.72. The Hall–Kier alpha value is -2.60. The monoisotopic (exact) mass is 380 g/mol. The van der Waals surface area contributed by atoms with Crippen molar-refractivity contribution in [3.05, 3.63) is 66.0 Å². The molecular weight excluding hydrogens is 356 g/mol. The summed E-state index contributed by atoms with van der Waals surface area (Å²) in [5.41, 5.74) is 4.30. The lowest BCUT2D eigenvalue weighted by Crippen LogP contribution is -2.14. The molecule has 0 fully saturated rings. The molecule has 1 N–H and O–H groups in total. The minimum atomic E-state index is -0.0574. The Morgan fingerprint density at radius 3 is 2.67 bits per heavy atom. The first-order valence-electron chi connectivity index (χ1n) is 9.08. The van der Waals surface area contributed by atoms with Crippen LogP contribution in [-0.4, -0.2) is 26.4 Å². The van der Waals surface area contributed by atoms with Gasteiger partial charge in [-0.1, -0.05) is 56.8 Å². The highest BCUT2D eigenvalue weighted by atomic mass is 32.2. The molecule has 0 aliphatic heterocycles. The van der Waals surface area contributed by atoms with Crippen LogP contribution in [0.25, 0.3) is 5.69 Å². The van der Waals surface area contributed by atoms with Crippen LogP contribution >= 0.6 is 11.8 Å². The number of nitrogens with one attached hydrogen (secondary N) is 1. The van der Waals surface area contributed by atoms with Gasteiger partial charge in [-0.05, 0) is 47.7 Å². The zero-order chi connectivity index (χ0) is 19.2. The van der Waals surface area contributed by atoms with Gasteiger partial charge in [-0.2, -0.15) is 0 Å². The van der Waals surface area contributed by atoms with Crippen molar-refractivity contribution in [1.29, 1.82) is 0 Å². The zero-order valence-corrected chi connectivity index (χ0v) is 16.7. The topological polar surface area (TPSA) is 59.8 Å². The van der Waals surface area contributed by atoms with Crippen LogP contribution in [0.2, 0.25) is 0 Å². The van der Waals surface area contributed by atoms with E-state index >= 15 is 0 Å². The lowest BCUT2D eigenvalue weighted by Gasteiger charge is -2.09. The molecule has 27 heavy (non-hydrogen) atoms. The highest BCUT2D eigenvalue weighted by molar-refractivity contribution is 7.99. The van der Waals surface area contributed by atoms with Gasteiger partial charge < -0.3 is 5.32 Å². The Labute approximate surface area is 164 Å². The molecule has 1 aromatic heterocycles. The summed E-state index contributed by atoms with van der Waals surface area (Å²) in [4.78, 5) is 12.3. The second-order valence-corrected chi connectivity index (χ2v) is 7.56. The van der Waals surface area contributed by atoms with Crippen LogP contribution in [-0.2, 0) is 11.2 Å². The van der Waals surface area contributed by atoms with E-state index in [9.17, 15) is 4.79 Å². The Kier molecular flexibility index (Phi) is 6.29. The fraction of sp³-hybridized carbons (Fsp3) is 0.286. The molecular formula is C21H24N4OS. The lowest BCUT2D eigenvalue weighted by atomic mass is 10.0. The quantitative estimate of drug-likeness (QED) is 0.605. The molecule has 0 saturated heterocycles. The molecule has 0 aliphatic rings. The van der Waals surface area contributed by atoms with Crippen molar-refractivity contribution in [2.24, 2.45) is 0 Å². The van der Waals surface area contributed by atoms with Gasteiger partial charge in [0.1, 0.15) is 6.33 Å². The molecule has 3 rings (SSSR count). The average Bonchev–Trinajstić information content (AvgIpc) is 3.15. The number of hydrogen-bond acceptors (Lipinski definition) is 4. The van der Waals surface area contributed by atoms with Crippen LogP contribution in [0.5, 0.6) is 0 Å². The van der Waals surface area contributed by atoms with E-state index in [4.69, 9.17) is 0 Å². The number of benzene rings is 2. The maximum absolute atomic E-state index is 12.3. The van der Waals surface area contributed by atoms with Gasteiger partial charge in [0.25, 0.3) is 0 Å². The molecule has 0 unspecified atom stereocenters. The summed E-state index contributed by atoms with van der Waals surface area (Å²) in [6, 6.07) is 16.3. The number of carbonyl (C=O) groups is 1. The van der Waals surface area contributed by atoms with Gasteiger partial charge in [0.15, 0.2) is 5.16 Å². The van der Waals surface area contributed by atoms with Crippen LogP contribution in [0.1, 0.15) is 37.8 Å².